The van der Waals surface area contributed by atoms with E-state index in [4.69, 9.17) is 18.0 Å². The van der Waals surface area contributed by atoms with E-state index in [2.05, 4.69) is 24.1 Å². The van der Waals surface area contributed by atoms with Crippen LogP contribution in [0.3, 0.4) is 0 Å². The van der Waals surface area contributed by atoms with Crippen molar-refractivity contribution in [2.24, 2.45) is 11.7 Å². The number of hydrogen-bond donors (Lipinski definition) is 2. The number of pyridine rings is 1. The van der Waals surface area contributed by atoms with Crippen LogP contribution in [0.4, 0.5) is 19.0 Å². The first-order valence-electron chi connectivity index (χ1n) is 6.83. The highest BCUT2D eigenvalue weighted by atomic mass is 32.1. The van der Waals surface area contributed by atoms with E-state index in [1.54, 1.807) is 0 Å². The lowest BCUT2D eigenvalue weighted by Crippen LogP contribution is -2.18. The Balaban J connectivity index is 2.75. The van der Waals surface area contributed by atoms with Gasteiger partial charge in [-0.2, -0.15) is 13.2 Å². The first kappa shape index (κ1) is 17.7. The van der Waals surface area contributed by atoms with Gasteiger partial charge in [0.25, 0.3) is 0 Å². The predicted molar refractivity (Wildman–Crippen MR) is 82.3 cm³/mol. The van der Waals surface area contributed by atoms with E-state index in [-0.39, 0.29) is 10.8 Å². The largest absolute Gasteiger partial charge is 0.433 e. The van der Waals surface area contributed by atoms with Gasteiger partial charge in [-0.3, -0.25) is 0 Å². The molecule has 3 nitrogen and oxygen atoms in total. The molecule has 1 aromatic rings. The van der Waals surface area contributed by atoms with Crippen LogP contribution in [0.2, 0.25) is 0 Å². The average Bonchev–Trinajstić information content (AvgIpc) is 2.36. The fraction of sp³-hybridized carbons (Fsp3) is 0.571. The number of thiocarbonyl (C=S) groups is 1. The molecule has 0 fully saturated rings. The molecule has 21 heavy (non-hydrogen) atoms. The lowest BCUT2D eigenvalue weighted by Gasteiger charge is -2.13. The van der Waals surface area contributed by atoms with Crippen LogP contribution in [0.25, 0.3) is 0 Å². The molecule has 0 saturated carbocycles. The second-order valence-electron chi connectivity index (χ2n) is 5.27. The number of hydrogen-bond acceptors (Lipinski definition) is 3. The monoisotopic (exact) mass is 319 g/mol. The molecule has 0 spiro atoms. The molecule has 118 valence electrons. The zero-order chi connectivity index (χ0) is 16.0. The molecule has 1 heterocycles. The van der Waals surface area contributed by atoms with Crippen LogP contribution in [0.15, 0.2) is 12.1 Å². The molecular weight excluding hydrogens is 299 g/mol. The highest BCUT2D eigenvalue weighted by Gasteiger charge is 2.33. The summed E-state index contributed by atoms with van der Waals surface area (Å²) >= 11 is 4.84. The summed E-state index contributed by atoms with van der Waals surface area (Å²) in [6.07, 6.45) is -1.54. The summed E-state index contributed by atoms with van der Waals surface area (Å²) in [7, 11) is 0. The summed E-state index contributed by atoms with van der Waals surface area (Å²) in [5, 5.41) is 2.90. The molecule has 0 aromatic carbocycles. The molecule has 1 aromatic heterocycles. The minimum absolute atomic E-state index is 0.0286. The molecule has 0 bridgehead atoms. The SMILES string of the molecule is CC(C)CCCCNc1nc(C(F)(F)F)ccc1C(N)=S. The fourth-order valence-corrected chi connectivity index (χ4v) is 2.00. The average molecular weight is 319 g/mol. The zero-order valence-electron chi connectivity index (χ0n) is 12.1. The summed E-state index contributed by atoms with van der Waals surface area (Å²) in [6.45, 7) is 4.80. The topological polar surface area (TPSA) is 50.9 Å². The molecule has 0 aliphatic rings. The molecule has 0 amide bonds. The summed E-state index contributed by atoms with van der Waals surface area (Å²) in [4.78, 5) is 3.62. The van der Waals surface area contributed by atoms with Crippen molar-refractivity contribution in [1.29, 1.82) is 0 Å². The van der Waals surface area contributed by atoms with E-state index < -0.39 is 11.9 Å². The minimum Gasteiger partial charge on any atom is -0.389 e. The van der Waals surface area contributed by atoms with Gasteiger partial charge in [0.1, 0.15) is 16.5 Å². The number of halogens is 3. The van der Waals surface area contributed by atoms with Gasteiger partial charge >= 0.3 is 6.18 Å². The van der Waals surface area contributed by atoms with Gasteiger partial charge < -0.3 is 11.1 Å². The maximum atomic E-state index is 12.7. The van der Waals surface area contributed by atoms with Crippen LogP contribution in [0, 0.1) is 5.92 Å². The van der Waals surface area contributed by atoms with Gasteiger partial charge in [0.05, 0.1) is 5.56 Å². The molecule has 0 saturated heterocycles. The molecule has 0 atom stereocenters. The van der Waals surface area contributed by atoms with Crippen molar-refractivity contribution >= 4 is 23.0 Å². The van der Waals surface area contributed by atoms with Crippen LogP contribution in [0.5, 0.6) is 0 Å². The van der Waals surface area contributed by atoms with Crippen LogP contribution in [0.1, 0.15) is 44.4 Å². The quantitative estimate of drug-likeness (QED) is 0.590. The minimum atomic E-state index is -4.48. The molecule has 0 unspecified atom stereocenters. The van der Waals surface area contributed by atoms with Gasteiger partial charge in [-0.25, -0.2) is 4.98 Å². The van der Waals surface area contributed by atoms with Gasteiger partial charge in [-0.1, -0.05) is 38.9 Å². The maximum absolute atomic E-state index is 12.7. The van der Waals surface area contributed by atoms with E-state index in [0.717, 1.165) is 25.3 Å². The van der Waals surface area contributed by atoms with Crippen molar-refractivity contribution in [2.75, 3.05) is 11.9 Å². The van der Waals surface area contributed by atoms with Crippen LogP contribution in [-0.2, 0) is 6.18 Å². The standard InChI is InChI=1S/C14H20F3N3S/c1-9(2)5-3-4-8-19-13-10(12(18)21)6-7-11(20-13)14(15,16)17/h6-7,9H,3-5,8H2,1-2H3,(H2,18,21)(H,19,20). The molecule has 0 aliphatic carbocycles. The van der Waals surface area contributed by atoms with Crippen molar-refractivity contribution in [2.45, 2.75) is 39.3 Å². The smallest absolute Gasteiger partial charge is 0.389 e. The predicted octanol–water partition coefficient (Wildman–Crippen LogP) is 3.97. The highest BCUT2D eigenvalue weighted by molar-refractivity contribution is 7.80. The second kappa shape index (κ2) is 7.59. The Hall–Kier alpha value is -1.37. The molecular formula is C14H20F3N3S. The van der Waals surface area contributed by atoms with Gasteiger partial charge in [0.2, 0.25) is 0 Å². The summed E-state index contributed by atoms with van der Waals surface area (Å²) in [5.74, 6) is 0.714. The lowest BCUT2D eigenvalue weighted by molar-refractivity contribution is -0.141. The van der Waals surface area contributed by atoms with Crippen molar-refractivity contribution in [3.8, 4) is 0 Å². The fourth-order valence-electron chi connectivity index (χ4n) is 1.83. The Kier molecular flexibility index (Phi) is 6.39. The Morgan fingerprint density at radius 2 is 2.00 bits per heavy atom. The maximum Gasteiger partial charge on any atom is 0.433 e. The van der Waals surface area contributed by atoms with Crippen LogP contribution in [-0.4, -0.2) is 16.5 Å². The summed E-state index contributed by atoms with van der Waals surface area (Å²) in [5.41, 5.74) is 4.90. The first-order chi connectivity index (χ1) is 9.71. The van der Waals surface area contributed by atoms with Gasteiger partial charge in [-0.05, 0) is 24.5 Å². The second-order valence-corrected chi connectivity index (χ2v) is 5.71. The molecule has 3 N–H and O–H groups in total. The number of unbranched alkanes of at least 4 members (excludes halogenated alkanes) is 1. The van der Waals surface area contributed by atoms with E-state index in [0.29, 0.717) is 18.0 Å². The Morgan fingerprint density at radius 1 is 1.33 bits per heavy atom. The number of nitrogens with zero attached hydrogens (tertiary/aromatic N) is 1. The highest BCUT2D eigenvalue weighted by Crippen LogP contribution is 2.29. The number of nitrogens with one attached hydrogen (secondary N) is 1. The van der Waals surface area contributed by atoms with Crippen molar-refractivity contribution in [1.82, 2.24) is 4.98 Å². The molecule has 1 rings (SSSR count). The molecule has 7 heteroatoms. The summed E-state index contributed by atoms with van der Waals surface area (Å²) in [6, 6.07) is 2.15. The summed E-state index contributed by atoms with van der Waals surface area (Å²) < 4.78 is 38.0. The van der Waals surface area contributed by atoms with Crippen molar-refractivity contribution < 1.29 is 13.2 Å². The number of rotatable bonds is 7. The Morgan fingerprint density at radius 3 is 2.52 bits per heavy atom. The van der Waals surface area contributed by atoms with E-state index in [1.807, 2.05) is 0 Å². The van der Waals surface area contributed by atoms with Crippen molar-refractivity contribution in [3.63, 3.8) is 0 Å². The van der Waals surface area contributed by atoms with Gasteiger partial charge in [0.15, 0.2) is 0 Å². The van der Waals surface area contributed by atoms with Crippen LogP contribution >= 0.6 is 12.2 Å². The number of anilines is 1. The number of aromatic nitrogens is 1. The van der Waals surface area contributed by atoms with E-state index in [1.165, 1.54) is 6.07 Å². The van der Waals surface area contributed by atoms with Crippen molar-refractivity contribution in [3.05, 3.63) is 23.4 Å². The third-order valence-corrected chi connectivity index (χ3v) is 3.17. The Labute approximate surface area is 128 Å². The normalized spacial score (nSPS) is 11.7. The lowest BCUT2D eigenvalue weighted by atomic mass is 10.1. The van der Waals surface area contributed by atoms with Gasteiger partial charge in [0, 0.05) is 6.54 Å². The molecule has 0 aliphatic heterocycles. The third-order valence-electron chi connectivity index (χ3n) is 2.95. The number of nitrogens with two attached hydrogens (primary N) is 1. The third kappa shape index (κ3) is 5.87. The van der Waals surface area contributed by atoms with Crippen LogP contribution < -0.4 is 11.1 Å². The van der Waals surface area contributed by atoms with Gasteiger partial charge in [-0.15, -0.1) is 0 Å². The first-order valence-corrected chi connectivity index (χ1v) is 7.24. The Bertz CT molecular complexity index is 487. The zero-order valence-corrected chi connectivity index (χ0v) is 12.9. The molecule has 0 radical (unpaired) electrons. The van der Waals surface area contributed by atoms with E-state index >= 15 is 0 Å². The number of alkyl halides is 3. The van der Waals surface area contributed by atoms with E-state index in [9.17, 15) is 13.2 Å².